The third kappa shape index (κ3) is 3.75. The summed E-state index contributed by atoms with van der Waals surface area (Å²) in [6.45, 7) is 2.55. The number of nitrogens with zero attached hydrogens (tertiary/aromatic N) is 3. The molecule has 0 bridgehead atoms. The van der Waals surface area contributed by atoms with Crippen LogP contribution in [0.3, 0.4) is 0 Å². The van der Waals surface area contributed by atoms with E-state index in [2.05, 4.69) is 14.8 Å². The van der Waals surface area contributed by atoms with Crippen molar-refractivity contribution in [1.29, 1.82) is 0 Å². The van der Waals surface area contributed by atoms with Gasteiger partial charge in [-0.25, -0.2) is 17.8 Å². The lowest BCUT2D eigenvalue weighted by atomic mass is 10.1. The van der Waals surface area contributed by atoms with Crippen LogP contribution in [0.25, 0.3) is 0 Å². The molecule has 0 spiro atoms. The van der Waals surface area contributed by atoms with Crippen molar-refractivity contribution in [2.45, 2.75) is 18.4 Å². The molecule has 0 aliphatic heterocycles. The molecule has 1 N–H and O–H groups in total. The maximum Gasteiger partial charge on any atom is 0.264 e. The van der Waals surface area contributed by atoms with Gasteiger partial charge in [0.15, 0.2) is 0 Å². The predicted molar refractivity (Wildman–Crippen MR) is 87.6 cm³/mol. The highest BCUT2D eigenvalue weighted by atomic mass is 32.2. The first-order valence-corrected chi connectivity index (χ1v) is 8.54. The van der Waals surface area contributed by atoms with Crippen LogP contribution in [0.2, 0.25) is 0 Å². The van der Waals surface area contributed by atoms with E-state index in [0.717, 1.165) is 5.56 Å². The second-order valence-corrected chi connectivity index (χ2v) is 6.85. The Hall–Kier alpha value is -2.67. The van der Waals surface area contributed by atoms with Crippen LogP contribution in [0, 0.1) is 6.92 Å². The predicted octanol–water partition coefficient (Wildman–Crippen LogP) is 2.44. The van der Waals surface area contributed by atoms with Crippen molar-refractivity contribution >= 4 is 16.0 Å². The van der Waals surface area contributed by atoms with E-state index in [1.54, 1.807) is 22.9 Å². The van der Waals surface area contributed by atoms with Crippen LogP contribution in [0.4, 0.5) is 5.95 Å². The first-order chi connectivity index (χ1) is 11.0. The van der Waals surface area contributed by atoms with Gasteiger partial charge in [0.1, 0.15) is 6.33 Å². The maximum absolute atomic E-state index is 12.2. The lowest BCUT2D eigenvalue weighted by Crippen LogP contribution is -2.14. The van der Waals surface area contributed by atoms with E-state index in [4.69, 9.17) is 0 Å². The van der Waals surface area contributed by atoms with Gasteiger partial charge in [0.05, 0.1) is 11.4 Å². The Balaban J connectivity index is 1.73. The Kier molecular flexibility index (Phi) is 4.12. The summed E-state index contributed by atoms with van der Waals surface area (Å²) in [6, 6.07) is 16.2. The smallest absolute Gasteiger partial charge is 0.246 e. The fourth-order valence-corrected chi connectivity index (χ4v) is 3.04. The monoisotopic (exact) mass is 328 g/mol. The molecular weight excluding hydrogens is 312 g/mol. The van der Waals surface area contributed by atoms with Crippen LogP contribution in [-0.4, -0.2) is 23.2 Å². The molecule has 0 saturated heterocycles. The highest BCUT2D eigenvalue weighted by Crippen LogP contribution is 2.12. The minimum absolute atomic E-state index is 0.0564. The van der Waals surface area contributed by atoms with E-state index in [1.807, 2.05) is 31.2 Å². The molecule has 1 heterocycles. The molecule has 23 heavy (non-hydrogen) atoms. The fourth-order valence-electron chi connectivity index (χ4n) is 2.08. The molecule has 6 nitrogen and oxygen atoms in total. The third-order valence-electron chi connectivity index (χ3n) is 3.28. The van der Waals surface area contributed by atoms with Crippen LogP contribution in [-0.2, 0) is 16.6 Å². The van der Waals surface area contributed by atoms with Crippen molar-refractivity contribution in [2.24, 2.45) is 0 Å². The number of hydrogen-bond donors (Lipinski definition) is 1. The van der Waals surface area contributed by atoms with Crippen LogP contribution < -0.4 is 4.72 Å². The molecule has 3 aromatic rings. The quantitative estimate of drug-likeness (QED) is 0.780. The van der Waals surface area contributed by atoms with Crippen LogP contribution in [0.15, 0.2) is 65.8 Å². The summed E-state index contributed by atoms with van der Waals surface area (Å²) in [7, 11) is -3.67. The highest BCUT2D eigenvalue weighted by molar-refractivity contribution is 7.92. The van der Waals surface area contributed by atoms with Gasteiger partial charge in [0, 0.05) is 0 Å². The molecule has 0 atom stereocenters. The van der Waals surface area contributed by atoms with Crippen LogP contribution in [0.1, 0.15) is 11.1 Å². The second-order valence-electron chi connectivity index (χ2n) is 5.17. The molecule has 3 rings (SSSR count). The van der Waals surface area contributed by atoms with E-state index in [1.165, 1.54) is 24.0 Å². The third-order valence-corrected chi connectivity index (χ3v) is 4.62. The Labute approximate surface area is 134 Å². The first kappa shape index (κ1) is 15.2. The number of anilines is 1. The topological polar surface area (TPSA) is 76.9 Å². The standard InChI is InChI=1S/C16H16N4O2S/c1-13-7-9-14(10-8-13)11-20-12-17-16(18-20)19-23(21,22)15-5-3-2-4-6-15/h2-10,12H,11H2,1H3,(H,18,19). The van der Waals surface area contributed by atoms with E-state index in [-0.39, 0.29) is 10.8 Å². The van der Waals surface area contributed by atoms with E-state index in [0.29, 0.717) is 6.54 Å². The molecule has 2 aromatic carbocycles. The summed E-state index contributed by atoms with van der Waals surface area (Å²) < 4.78 is 28.4. The average Bonchev–Trinajstić information content (AvgIpc) is 2.97. The second kappa shape index (κ2) is 6.21. The van der Waals surface area contributed by atoms with Gasteiger partial charge >= 0.3 is 0 Å². The highest BCUT2D eigenvalue weighted by Gasteiger charge is 2.15. The summed E-state index contributed by atoms with van der Waals surface area (Å²) in [5.41, 5.74) is 2.25. The summed E-state index contributed by atoms with van der Waals surface area (Å²) in [5, 5.41) is 4.15. The number of hydrogen-bond acceptors (Lipinski definition) is 4. The van der Waals surface area contributed by atoms with Gasteiger partial charge < -0.3 is 0 Å². The van der Waals surface area contributed by atoms with Gasteiger partial charge in [-0.05, 0) is 24.6 Å². The molecular formula is C16H16N4O2S. The molecule has 0 unspecified atom stereocenters. The van der Waals surface area contributed by atoms with Gasteiger partial charge in [-0.2, -0.15) is 4.98 Å². The zero-order valence-electron chi connectivity index (χ0n) is 12.5. The number of sulfonamides is 1. The first-order valence-electron chi connectivity index (χ1n) is 7.06. The number of benzene rings is 2. The van der Waals surface area contributed by atoms with Crippen molar-refractivity contribution in [2.75, 3.05) is 4.72 Å². The van der Waals surface area contributed by atoms with Crippen LogP contribution >= 0.6 is 0 Å². The zero-order chi connectivity index (χ0) is 16.3. The molecule has 0 aliphatic rings. The molecule has 118 valence electrons. The average molecular weight is 328 g/mol. The minimum atomic E-state index is -3.67. The summed E-state index contributed by atoms with van der Waals surface area (Å²) in [4.78, 5) is 4.18. The van der Waals surface area contributed by atoms with Crippen molar-refractivity contribution < 1.29 is 8.42 Å². The van der Waals surface area contributed by atoms with Crippen molar-refractivity contribution in [3.63, 3.8) is 0 Å². The van der Waals surface area contributed by atoms with Gasteiger partial charge in [0.25, 0.3) is 16.0 Å². The molecule has 1 aromatic heterocycles. The normalized spacial score (nSPS) is 11.3. The number of rotatable bonds is 5. The summed E-state index contributed by atoms with van der Waals surface area (Å²) >= 11 is 0. The molecule has 0 radical (unpaired) electrons. The van der Waals surface area contributed by atoms with Crippen LogP contribution in [0.5, 0.6) is 0 Å². The maximum atomic E-state index is 12.2. The van der Waals surface area contributed by atoms with Gasteiger partial charge in [-0.3, -0.25) is 0 Å². The Morgan fingerprint density at radius 2 is 1.74 bits per heavy atom. The Morgan fingerprint density at radius 1 is 1.04 bits per heavy atom. The van der Waals surface area contributed by atoms with Crippen molar-refractivity contribution in [1.82, 2.24) is 14.8 Å². The number of aryl methyl sites for hydroxylation is 1. The summed E-state index contributed by atoms with van der Waals surface area (Å²) in [5.74, 6) is 0.0564. The largest absolute Gasteiger partial charge is 0.264 e. The van der Waals surface area contributed by atoms with Gasteiger partial charge in [-0.15, -0.1) is 5.10 Å². The Morgan fingerprint density at radius 3 is 2.43 bits per heavy atom. The van der Waals surface area contributed by atoms with Gasteiger partial charge in [0.2, 0.25) is 0 Å². The minimum Gasteiger partial charge on any atom is -0.246 e. The van der Waals surface area contributed by atoms with E-state index < -0.39 is 10.0 Å². The summed E-state index contributed by atoms with van der Waals surface area (Å²) in [6.07, 6.45) is 1.50. The Bertz CT molecular complexity index is 887. The molecule has 0 amide bonds. The molecule has 0 fully saturated rings. The lowest BCUT2D eigenvalue weighted by Gasteiger charge is -2.04. The fraction of sp³-hybridized carbons (Fsp3) is 0.125. The lowest BCUT2D eigenvalue weighted by molar-refractivity contribution is 0.600. The van der Waals surface area contributed by atoms with E-state index >= 15 is 0 Å². The van der Waals surface area contributed by atoms with Crippen molar-refractivity contribution in [3.8, 4) is 0 Å². The zero-order valence-corrected chi connectivity index (χ0v) is 13.4. The molecule has 7 heteroatoms. The SMILES string of the molecule is Cc1ccc(Cn2cnc(NS(=O)(=O)c3ccccc3)n2)cc1. The number of aromatic nitrogens is 3. The molecule has 0 saturated carbocycles. The number of nitrogens with one attached hydrogen (secondary N) is 1. The van der Waals surface area contributed by atoms with Crippen molar-refractivity contribution in [3.05, 3.63) is 72.1 Å². The van der Waals surface area contributed by atoms with E-state index in [9.17, 15) is 8.42 Å². The molecule has 0 aliphatic carbocycles. The van der Waals surface area contributed by atoms with Gasteiger partial charge in [-0.1, -0.05) is 48.0 Å².